The van der Waals surface area contributed by atoms with Gasteiger partial charge in [0, 0.05) is 105 Å². The van der Waals surface area contributed by atoms with Crippen LogP contribution in [0.4, 0.5) is 0 Å². The Kier molecular flexibility index (Phi) is 72.7. The summed E-state index contributed by atoms with van der Waals surface area (Å²) in [5.41, 5.74) is -0.472. The molecule has 0 saturated carbocycles. The lowest BCUT2D eigenvalue weighted by atomic mass is 9.97. The number of nitrogens with zero attached hydrogens (tertiary/aromatic N) is 6. The van der Waals surface area contributed by atoms with Crippen LogP contribution in [-0.4, -0.2) is 219 Å². The maximum atomic E-state index is 11.5. The lowest BCUT2D eigenvalue weighted by molar-refractivity contribution is -0.153. The van der Waals surface area contributed by atoms with Gasteiger partial charge in [0.2, 0.25) is 35.4 Å². The predicted octanol–water partition coefficient (Wildman–Crippen LogP) is 12.0. The van der Waals surface area contributed by atoms with Crippen molar-refractivity contribution < 1.29 is 86.0 Å². The van der Waals surface area contributed by atoms with E-state index < -0.39 is 5.41 Å². The molecule has 0 rings (SSSR count). The van der Waals surface area contributed by atoms with Gasteiger partial charge in [-0.1, -0.05) is 123 Å². The Hall–Kier alpha value is -7.92. The van der Waals surface area contributed by atoms with Crippen molar-refractivity contribution >= 4 is 71.3 Å². The van der Waals surface area contributed by atoms with Crippen LogP contribution in [-0.2, 0) is 86.0 Å². The van der Waals surface area contributed by atoms with Crippen molar-refractivity contribution in [3.63, 3.8) is 0 Å². The Balaban J connectivity index is -0.000000268. The molecule has 0 heterocycles. The molecule has 0 saturated heterocycles. The summed E-state index contributed by atoms with van der Waals surface area (Å²) in [4.78, 5) is 145. The minimum Gasteiger partial charge on any atom is -0.466 e. The van der Waals surface area contributed by atoms with Crippen molar-refractivity contribution in [2.75, 3.05) is 118 Å². The zero-order valence-corrected chi connectivity index (χ0v) is 65.4. The van der Waals surface area contributed by atoms with Gasteiger partial charge in [0.25, 0.3) is 0 Å². The van der Waals surface area contributed by atoms with Gasteiger partial charge in [-0.15, -0.1) is 0 Å². The van der Waals surface area contributed by atoms with Gasteiger partial charge in [0.1, 0.15) is 0 Å². The molecule has 6 amide bonds. The summed E-state index contributed by atoms with van der Waals surface area (Å²) in [5, 5.41) is 0. The Morgan fingerprint density at radius 1 is 0.337 bits per heavy atom. The maximum absolute atomic E-state index is 11.5. The normalized spacial score (nSPS) is 10.0. The van der Waals surface area contributed by atoms with Gasteiger partial charge in [-0.3, -0.25) is 57.5 Å². The number of carbonyl (C=O) groups excluding carboxylic acids is 12. The van der Waals surface area contributed by atoms with Gasteiger partial charge >= 0.3 is 35.8 Å². The standard InChI is InChI=1S/2C14H25NO3.2C13H23NO3.C12H21NO3.C11H19NO3/c1-6-9-15(12(16)7-2)10-8-11-18-13(17)14(3,4)5;1-5-8-15(13(16)6-2)9-7-10-18-14(17)11-12(3)4;1-5-8-14(12(15)6-2)9-7-10-17-13(16)11(3)4;1-4-8-13(16)17-11-7-10-14(9-5-2)12(15)6-3;1-4-8-13(11(14)5-2)9-7-10-16-12(15)6-3;1-4-7-12(11(14)5-2)8-6-9-15-10(3)13/h7H,2,6,8-11H2,1,3-5H3;6,12H,2,5,7-11H2,1,3-4H3;6,11H,2,5,7-10H2,1,3-4H3;6H,3-5,7-11H2,1-2H3;5H,2,4,6-10H2,1,3H3;5H,2,4,6-9H2,1,3H3. The highest BCUT2D eigenvalue weighted by atomic mass is 16.6. The van der Waals surface area contributed by atoms with Crippen LogP contribution >= 0.6 is 0 Å². The van der Waals surface area contributed by atoms with E-state index in [0.29, 0.717) is 182 Å². The van der Waals surface area contributed by atoms with Crippen LogP contribution in [0.5, 0.6) is 0 Å². The topological polar surface area (TPSA) is 280 Å². The Morgan fingerprint density at radius 2 is 0.584 bits per heavy atom. The molecule has 582 valence electrons. The molecule has 24 nitrogen and oxygen atoms in total. The SMILES string of the molecule is C=CC(=O)N(CCC)CCCOC(=O)C(C)(C)C.C=CC(=O)N(CCC)CCCOC(=O)C(C)C.C=CC(=O)N(CCC)CCCOC(=O)CC.C=CC(=O)N(CCC)CCCOC(=O)CC(C)C.C=CC(=O)N(CCC)CCCOC(=O)CCC.C=CC(=O)N(CCC)CCCOC(C)=O. The molecule has 0 bridgehead atoms. The van der Waals surface area contributed by atoms with Crippen LogP contribution in [0.1, 0.15) is 214 Å². The quantitative estimate of drug-likeness (QED) is 0.0237. The number of amides is 6. The maximum Gasteiger partial charge on any atom is 0.311 e. The van der Waals surface area contributed by atoms with Gasteiger partial charge in [0.05, 0.1) is 51.0 Å². The zero-order chi connectivity index (χ0) is 78.6. The highest BCUT2D eigenvalue weighted by molar-refractivity contribution is 5.89. The summed E-state index contributed by atoms with van der Waals surface area (Å²) in [5.74, 6) is -1.40. The minimum atomic E-state index is -0.472. The first-order chi connectivity index (χ1) is 47.8. The molecule has 24 heteroatoms. The van der Waals surface area contributed by atoms with Crippen molar-refractivity contribution in [2.45, 2.75) is 214 Å². The Morgan fingerprint density at radius 3 is 0.802 bits per heavy atom. The number of hydrogen-bond donors (Lipinski definition) is 0. The second kappa shape index (κ2) is 70.5. The van der Waals surface area contributed by atoms with Crippen molar-refractivity contribution in [1.82, 2.24) is 29.4 Å². The third kappa shape index (κ3) is 65.2. The largest absolute Gasteiger partial charge is 0.466 e. The monoisotopic (exact) mass is 1430 g/mol. The lowest BCUT2D eigenvalue weighted by Crippen LogP contribution is -2.32. The Bertz CT molecular complexity index is 2370. The first-order valence-electron chi connectivity index (χ1n) is 36.2. The highest BCUT2D eigenvalue weighted by Gasteiger charge is 2.23. The summed E-state index contributed by atoms with van der Waals surface area (Å²) in [6, 6.07) is 0. The van der Waals surface area contributed by atoms with E-state index in [-0.39, 0.29) is 77.2 Å². The molecule has 101 heavy (non-hydrogen) atoms. The summed E-state index contributed by atoms with van der Waals surface area (Å²) >= 11 is 0. The molecular formula is C77H136N6O18. The van der Waals surface area contributed by atoms with Crippen LogP contribution in [0.2, 0.25) is 0 Å². The number of ether oxygens (including phenoxy) is 6. The fourth-order valence-electron chi connectivity index (χ4n) is 8.19. The third-order valence-corrected chi connectivity index (χ3v) is 13.3. The molecular weight excluding hydrogens is 1300 g/mol. The molecule has 0 spiro atoms. The molecule has 0 unspecified atom stereocenters. The van der Waals surface area contributed by atoms with Gasteiger partial charge < -0.3 is 57.8 Å². The summed E-state index contributed by atoms with van der Waals surface area (Å²) < 4.78 is 30.0. The summed E-state index contributed by atoms with van der Waals surface area (Å²) in [7, 11) is 0. The van der Waals surface area contributed by atoms with Crippen LogP contribution in [0.25, 0.3) is 0 Å². The summed E-state index contributed by atoms with van der Waals surface area (Å²) in [6.45, 7) is 61.1. The van der Waals surface area contributed by atoms with E-state index in [2.05, 4.69) is 39.5 Å². The third-order valence-electron chi connectivity index (χ3n) is 13.3. The molecule has 0 N–H and O–H groups in total. The van der Waals surface area contributed by atoms with Crippen LogP contribution in [0.15, 0.2) is 75.9 Å². The number of hydrogen-bond acceptors (Lipinski definition) is 18. The predicted molar refractivity (Wildman–Crippen MR) is 400 cm³/mol. The van der Waals surface area contributed by atoms with Gasteiger partial charge in [-0.2, -0.15) is 0 Å². The van der Waals surface area contributed by atoms with Gasteiger partial charge in [-0.05, 0) is 147 Å². The van der Waals surface area contributed by atoms with E-state index in [4.69, 9.17) is 28.4 Å². The summed E-state index contributed by atoms with van der Waals surface area (Å²) in [6.07, 6.45) is 19.5. The van der Waals surface area contributed by atoms with Crippen molar-refractivity contribution in [3.8, 4) is 0 Å². The van der Waals surface area contributed by atoms with Gasteiger partial charge in [0.15, 0.2) is 0 Å². The first-order valence-corrected chi connectivity index (χ1v) is 36.2. The lowest BCUT2D eigenvalue weighted by Gasteiger charge is -2.21. The molecule has 0 aromatic carbocycles. The number of rotatable bonds is 48. The second-order valence-electron chi connectivity index (χ2n) is 24.7. The molecule has 0 fully saturated rings. The van der Waals surface area contributed by atoms with Crippen LogP contribution in [0.3, 0.4) is 0 Å². The van der Waals surface area contributed by atoms with Gasteiger partial charge in [-0.25, -0.2) is 0 Å². The van der Waals surface area contributed by atoms with Crippen molar-refractivity contribution in [3.05, 3.63) is 75.9 Å². The Labute approximate surface area is 609 Å². The molecule has 0 radical (unpaired) electrons. The average molecular weight is 1430 g/mol. The van der Waals surface area contributed by atoms with Crippen molar-refractivity contribution in [2.24, 2.45) is 17.3 Å². The van der Waals surface area contributed by atoms with E-state index in [1.807, 2.05) is 83.1 Å². The van der Waals surface area contributed by atoms with Crippen LogP contribution in [0, 0.1) is 17.3 Å². The van der Waals surface area contributed by atoms with Crippen molar-refractivity contribution in [1.29, 1.82) is 0 Å². The second-order valence-corrected chi connectivity index (χ2v) is 24.7. The van der Waals surface area contributed by atoms with E-state index in [9.17, 15) is 57.5 Å². The molecule has 0 aliphatic heterocycles. The fourth-order valence-corrected chi connectivity index (χ4v) is 8.19. The molecule has 0 atom stereocenters. The highest BCUT2D eigenvalue weighted by Crippen LogP contribution is 2.15. The number of carbonyl (C=O) groups is 12. The molecule has 0 aromatic heterocycles. The van der Waals surface area contributed by atoms with E-state index in [1.165, 1.54) is 43.4 Å². The molecule has 0 aliphatic carbocycles. The fraction of sp³-hybridized carbons (Fsp3) is 0.688. The average Bonchev–Trinajstić information content (AvgIpc) is 1.03. The van der Waals surface area contributed by atoms with E-state index in [1.54, 1.807) is 50.2 Å². The van der Waals surface area contributed by atoms with E-state index >= 15 is 0 Å². The van der Waals surface area contributed by atoms with Crippen LogP contribution < -0.4 is 0 Å². The first kappa shape index (κ1) is 104. The molecule has 0 aromatic rings. The number of esters is 6. The van der Waals surface area contributed by atoms with E-state index in [0.717, 1.165) is 44.9 Å². The smallest absolute Gasteiger partial charge is 0.311 e. The zero-order valence-electron chi connectivity index (χ0n) is 65.4. The molecule has 0 aliphatic rings. The minimum absolute atomic E-state index is 0.0632.